The molecular weight excluding hydrogens is 699 g/mol. The van der Waals surface area contributed by atoms with Gasteiger partial charge in [-0.1, -0.05) is 26.7 Å². The number of carbonyl (C=O) groups is 2. The van der Waals surface area contributed by atoms with Gasteiger partial charge in [-0.05, 0) is 98.6 Å². The molecule has 4 unspecified atom stereocenters. The number of amides is 2. The van der Waals surface area contributed by atoms with E-state index in [1.54, 1.807) is 12.4 Å². The van der Waals surface area contributed by atoms with Crippen LogP contribution in [0.3, 0.4) is 0 Å². The summed E-state index contributed by atoms with van der Waals surface area (Å²) in [6.07, 6.45) is 16.0. The molecule has 52 heavy (non-hydrogen) atoms. The normalized spacial score (nSPS) is 36.7. The first-order valence-electron chi connectivity index (χ1n) is 19.2. The van der Waals surface area contributed by atoms with E-state index >= 15 is 0 Å². The number of rotatable bonds is 8. The molecule has 4 bridgehead atoms. The summed E-state index contributed by atoms with van der Waals surface area (Å²) in [5.41, 5.74) is 13.1. The van der Waals surface area contributed by atoms with Gasteiger partial charge in [-0.2, -0.15) is 0 Å². The lowest BCUT2D eigenvalue weighted by atomic mass is 9.61. The maximum atomic E-state index is 11.6. The molecule has 8 rings (SSSR count). The van der Waals surface area contributed by atoms with Crippen molar-refractivity contribution in [2.24, 2.45) is 47.0 Å². The van der Waals surface area contributed by atoms with E-state index in [1.807, 2.05) is 38.5 Å². The summed E-state index contributed by atoms with van der Waals surface area (Å²) in [7, 11) is 3.66. The van der Waals surface area contributed by atoms with E-state index in [0.717, 1.165) is 61.2 Å². The molecular formula is C40H60Cl2N6O4. The number of hydrogen-bond acceptors (Lipinski definition) is 8. The first-order chi connectivity index (χ1) is 24.1. The van der Waals surface area contributed by atoms with Crippen LogP contribution in [0.15, 0.2) is 36.7 Å². The molecule has 0 spiro atoms. The molecule has 288 valence electrons. The molecule has 2 aromatic heterocycles. The van der Waals surface area contributed by atoms with Crippen molar-refractivity contribution in [2.75, 3.05) is 40.4 Å². The molecule has 2 amide bonds. The third kappa shape index (κ3) is 7.25. The van der Waals surface area contributed by atoms with E-state index in [0.29, 0.717) is 35.1 Å². The molecule has 4 atom stereocenters. The Labute approximate surface area is 322 Å². The number of fused-ring (bicyclic) bond motifs is 4. The van der Waals surface area contributed by atoms with Crippen LogP contribution in [0.4, 0.5) is 0 Å². The lowest BCUT2D eigenvalue weighted by Crippen LogP contribution is -2.62. The van der Waals surface area contributed by atoms with Crippen molar-refractivity contribution < 1.29 is 19.1 Å². The molecule has 12 heteroatoms. The number of hydrogen-bond donors (Lipinski definition) is 2. The second kappa shape index (κ2) is 16.6. The van der Waals surface area contributed by atoms with Crippen LogP contribution in [0, 0.1) is 35.5 Å². The Kier molecular flexibility index (Phi) is 13.0. The average molecular weight is 760 g/mol. The largest absolute Gasteiger partial charge is 0.373 e. The Balaban J connectivity index is 0.000000194. The lowest BCUT2D eigenvalue weighted by Gasteiger charge is -2.58. The zero-order chi connectivity index (χ0) is 35.2. The van der Waals surface area contributed by atoms with E-state index in [9.17, 15) is 9.59 Å². The van der Waals surface area contributed by atoms with Gasteiger partial charge in [0, 0.05) is 88.5 Å². The second-order valence-electron chi connectivity index (χ2n) is 16.6. The van der Waals surface area contributed by atoms with E-state index in [-0.39, 0.29) is 36.0 Å². The molecule has 4 saturated carbocycles. The van der Waals surface area contributed by atoms with Gasteiger partial charge in [-0.25, -0.2) is 0 Å². The van der Waals surface area contributed by atoms with Gasteiger partial charge >= 0.3 is 0 Å². The van der Waals surface area contributed by atoms with Crippen LogP contribution in [-0.4, -0.2) is 84.1 Å². The number of methoxy groups -OCH3 is 2. The van der Waals surface area contributed by atoms with Gasteiger partial charge in [-0.3, -0.25) is 29.4 Å². The summed E-state index contributed by atoms with van der Waals surface area (Å²) in [6, 6.07) is 9.26. The van der Waals surface area contributed by atoms with Crippen molar-refractivity contribution in [3.63, 3.8) is 0 Å². The molecule has 2 aliphatic heterocycles. The van der Waals surface area contributed by atoms with Gasteiger partial charge in [0.05, 0.1) is 0 Å². The highest BCUT2D eigenvalue weighted by Gasteiger charge is 2.56. The molecule has 6 fully saturated rings. The number of carbonyl (C=O) groups excluding carboxylic acids is 2. The smallest absolute Gasteiger partial charge is 0.267 e. The molecule has 6 aliphatic rings. The molecule has 4 heterocycles. The Morgan fingerprint density at radius 3 is 1.25 bits per heavy atom. The molecule has 0 aromatic carbocycles. The predicted octanol–water partition coefficient (Wildman–Crippen LogP) is 5.95. The van der Waals surface area contributed by atoms with E-state index in [4.69, 9.17) is 20.9 Å². The Bertz CT molecular complexity index is 1410. The van der Waals surface area contributed by atoms with Gasteiger partial charge in [-0.15, -0.1) is 24.8 Å². The van der Waals surface area contributed by atoms with Crippen LogP contribution in [-0.2, 0) is 20.7 Å². The SMILES string of the molecule is COC1(c2ccnc(C(N)=O)c2)C2CCCC1CN(C1CC(C)C1)C2.COC1(c2ccnc(C(N)=O)c2)C2CCCC1CN(C1CC(C)C1)C2.Cl.Cl. The third-order valence-electron chi connectivity index (χ3n) is 13.8. The minimum absolute atomic E-state index is 0. The summed E-state index contributed by atoms with van der Waals surface area (Å²) >= 11 is 0. The maximum absolute atomic E-state index is 11.6. The third-order valence-corrected chi connectivity index (χ3v) is 13.8. The highest BCUT2D eigenvalue weighted by molar-refractivity contribution is 5.91. The van der Waals surface area contributed by atoms with Crippen molar-refractivity contribution >= 4 is 36.6 Å². The fourth-order valence-corrected chi connectivity index (χ4v) is 11.3. The number of nitrogens with two attached hydrogens (primary N) is 2. The lowest BCUT2D eigenvalue weighted by molar-refractivity contribution is -0.179. The second-order valence-corrected chi connectivity index (χ2v) is 16.6. The molecule has 0 radical (unpaired) electrons. The van der Waals surface area contributed by atoms with Crippen molar-refractivity contribution in [2.45, 2.75) is 101 Å². The highest BCUT2D eigenvalue weighted by atomic mass is 35.5. The van der Waals surface area contributed by atoms with Crippen molar-refractivity contribution in [1.29, 1.82) is 0 Å². The van der Waals surface area contributed by atoms with Gasteiger partial charge in [0.2, 0.25) is 0 Å². The average Bonchev–Trinajstić information content (AvgIpc) is 3.08. The monoisotopic (exact) mass is 758 g/mol. The highest BCUT2D eigenvalue weighted by Crippen LogP contribution is 2.54. The quantitative estimate of drug-likeness (QED) is 0.337. The zero-order valence-corrected chi connectivity index (χ0v) is 33.0. The summed E-state index contributed by atoms with van der Waals surface area (Å²) in [5.74, 6) is 2.65. The van der Waals surface area contributed by atoms with Crippen molar-refractivity contribution in [3.05, 3.63) is 59.2 Å². The van der Waals surface area contributed by atoms with Crippen LogP contribution in [0.25, 0.3) is 0 Å². The zero-order valence-electron chi connectivity index (χ0n) is 31.4. The minimum atomic E-state index is -0.473. The molecule has 2 aromatic rings. The number of halogens is 2. The van der Waals surface area contributed by atoms with Gasteiger partial charge in [0.15, 0.2) is 0 Å². The number of piperidine rings is 2. The Morgan fingerprint density at radius 1 is 0.654 bits per heavy atom. The summed E-state index contributed by atoms with van der Waals surface area (Å²) in [4.78, 5) is 36.9. The summed E-state index contributed by atoms with van der Waals surface area (Å²) in [5, 5.41) is 0. The van der Waals surface area contributed by atoms with Crippen molar-refractivity contribution in [1.82, 2.24) is 19.8 Å². The minimum Gasteiger partial charge on any atom is -0.373 e. The molecule has 10 nitrogen and oxygen atoms in total. The van der Waals surface area contributed by atoms with E-state index in [1.165, 1.54) is 64.2 Å². The van der Waals surface area contributed by atoms with E-state index < -0.39 is 11.8 Å². The maximum Gasteiger partial charge on any atom is 0.267 e. The van der Waals surface area contributed by atoms with Crippen molar-refractivity contribution in [3.8, 4) is 0 Å². The van der Waals surface area contributed by atoms with Crippen LogP contribution < -0.4 is 11.5 Å². The number of likely N-dealkylation sites (tertiary alicyclic amines) is 2. The van der Waals surface area contributed by atoms with Crippen LogP contribution in [0.5, 0.6) is 0 Å². The van der Waals surface area contributed by atoms with Gasteiger partial charge in [0.1, 0.15) is 22.6 Å². The Morgan fingerprint density at radius 2 is 0.981 bits per heavy atom. The summed E-state index contributed by atoms with van der Waals surface area (Å²) in [6.45, 7) is 9.07. The van der Waals surface area contributed by atoms with Crippen LogP contribution in [0.1, 0.15) is 110 Å². The number of primary amides is 2. The molecule has 4 aliphatic carbocycles. The number of ether oxygens (including phenoxy) is 2. The predicted molar refractivity (Wildman–Crippen MR) is 207 cm³/mol. The number of pyridine rings is 2. The van der Waals surface area contributed by atoms with Gasteiger partial charge in [0.25, 0.3) is 11.8 Å². The summed E-state index contributed by atoms with van der Waals surface area (Å²) < 4.78 is 12.5. The first kappa shape index (κ1) is 40.8. The standard InChI is InChI=1S/2C20H29N3O2.2ClH/c2*1-13-8-17(9-13)23-11-15-4-3-5-16(12-23)20(15,25-2)14-6-7-22-18(10-14)19(21)24;;/h2*6-7,10,13,15-17H,3-5,8-9,11-12H2,1-2H3,(H2,21,24);2*1H. The van der Waals surface area contributed by atoms with E-state index in [2.05, 4.69) is 33.6 Å². The van der Waals surface area contributed by atoms with Crippen LogP contribution >= 0.6 is 24.8 Å². The first-order valence-corrected chi connectivity index (χ1v) is 19.2. The van der Waals surface area contributed by atoms with Gasteiger partial charge < -0.3 is 20.9 Å². The Hall–Kier alpha value is -2.34. The fourth-order valence-electron chi connectivity index (χ4n) is 11.3. The topological polar surface area (TPSA) is 137 Å². The number of aromatic nitrogens is 2. The molecule has 4 N–H and O–H groups in total. The fraction of sp³-hybridized carbons (Fsp3) is 0.700. The molecule has 2 saturated heterocycles. The van der Waals surface area contributed by atoms with Crippen LogP contribution in [0.2, 0.25) is 0 Å². The number of nitrogens with zero attached hydrogens (tertiary/aromatic N) is 4.